The molecule has 0 bridgehead atoms. The highest BCUT2D eigenvalue weighted by Crippen LogP contribution is 2.29. The molecule has 252 valence electrons. The molecule has 1 atom stereocenters. The third kappa shape index (κ3) is 8.94. The molecule has 48 heavy (non-hydrogen) atoms. The van der Waals surface area contributed by atoms with Gasteiger partial charge in [0.1, 0.15) is 12.6 Å². The summed E-state index contributed by atoms with van der Waals surface area (Å²) in [5.74, 6) is -0.691. The molecule has 0 aromatic heterocycles. The highest BCUT2D eigenvalue weighted by Gasteiger charge is 2.35. The quantitative estimate of drug-likeness (QED) is 0.162. The average molecular weight is 731 g/mol. The number of nitrogens with one attached hydrogen (secondary N) is 1. The first-order valence-electron chi connectivity index (χ1n) is 16.6. The van der Waals surface area contributed by atoms with Crippen molar-refractivity contribution >= 4 is 43.5 Å². The number of halogens is 1. The van der Waals surface area contributed by atoms with Crippen LogP contribution in [0.5, 0.6) is 0 Å². The summed E-state index contributed by atoms with van der Waals surface area (Å²) in [6.07, 6.45) is 5.35. The van der Waals surface area contributed by atoms with E-state index in [-0.39, 0.29) is 29.8 Å². The van der Waals surface area contributed by atoms with Gasteiger partial charge >= 0.3 is 0 Å². The lowest BCUT2D eigenvalue weighted by Crippen LogP contribution is -2.55. The first-order chi connectivity index (χ1) is 23.0. The minimum atomic E-state index is -4.16. The summed E-state index contributed by atoms with van der Waals surface area (Å²) in [6, 6.07) is 28.6. The topological polar surface area (TPSA) is 86.8 Å². The Kier molecular flexibility index (Phi) is 11.8. The van der Waals surface area contributed by atoms with Gasteiger partial charge < -0.3 is 10.2 Å². The Morgan fingerprint density at radius 2 is 1.46 bits per heavy atom. The summed E-state index contributed by atoms with van der Waals surface area (Å²) < 4.78 is 30.8. The van der Waals surface area contributed by atoms with Crippen molar-refractivity contribution in [2.45, 2.75) is 82.8 Å². The van der Waals surface area contributed by atoms with Crippen molar-refractivity contribution in [3.63, 3.8) is 0 Å². The minimum Gasteiger partial charge on any atom is -0.352 e. The highest BCUT2D eigenvalue weighted by molar-refractivity contribution is 9.10. The van der Waals surface area contributed by atoms with Crippen LogP contribution in [-0.2, 0) is 32.6 Å². The summed E-state index contributed by atoms with van der Waals surface area (Å²) in [6.45, 7) is 5.35. The van der Waals surface area contributed by atoms with Crippen molar-refractivity contribution in [1.82, 2.24) is 10.2 Å². The Hall–Kier alpha value is -3.95. The molecule has 0 aliphatic heterocycles. The molecule has 1 N–H and O–H groups in total. The number of carbonyl (C=O) groups excluding carboxylic acids is 2. The number of carbonyl (C=O) groups is 2. The third-order valence-electron chi connectivity index (χ3n) is 9.00. The van der Waals surface area contributed by atoms with Gasteiger partial charge in [-0.3, -0.25) is 13.9 Å². The minimum absolute atomic E-state index is 0.0442. The summed E-state index contributed by atoms with van der Waals surface area (Å²) in [5, 5.41) is 3.26. The fourth-order valence-electron chi connectivity index (χ4n) is 6.32. The van der Waals surface area contributed by atoms with Crippen LogP contribution >= 0.6 is 15.9 Å². The monoisotopic (exact) mass is 729 g/mol. The maximum absolute atomic E-state index is 14.8. The van der Waals surface area contributed by atoms with E-state index >= 15 is 0 Å². The largest absolute Gasteiger partial charge is 0.352 e. The van der Waals surface area contributed by atoms with Crippen LogP contribution in [0.3, 0.4) is 0 Å². The van der Waals surface area contributed by atoms with Crippen LogP contribution in [0.4, 0.5) is 5.69 Å². The Bertz CT molecular complexity index is 1810. The average Bonchev–Trinajstić information content (AvgIpc) is 3.07. The van der Waals surface area contributed by atoms with Gasteiger partial charge in [0, 0.05) is 23.5 Å². The first kappa shape index (κ1) is 35.4. The summed E-state index contributed by atoms with van der Waals surface area (Å²) in [7, 11) is -4.16. The predicted octanol–water partition coefficient (Wildman–Crippen LogP) is 7.66. The number of rotatable bonds is 12. The van der Waals surface area contributed by atoms with Gasteiger partial charge in [-0.05, 0) is 80.6 Å². The normalized spacial score (nSPS) is 14.2. The summed E-state index contributed by atoms with van der Waals surface area (Å²) in [5.41, 5.74) is 4.80. The van der Waals surface area contributed by atoms with E-state index in [1.165, 1.54) is 4.31 Å². The van der Waals surface area contributed by atoms with Gasteiger partial charge in [0.2, 0.25) is 11.8 Å². The molecule has 1 saturated carbocycles. The number of anilines is 1. The molecule has 4 aromatic rings. The van der Waals surface area contributed by atoms with Crippen LogP contribution in [0.25, 0.3) is 0 Å². The SMILES string of the molecule is Cc1ccc(S(=O)(=O)N(CC(=O)N(Cc2ccc(Br)cc2)C(Cc2ccccc2)C(=O)NC2CCCCC2)c2ccc(C)cc2C)cc1. The Labute approximate surface area is 293 Å². The van der Waals surface area contributed by atoms with E-state index in [0.717, 1.165) is 64.4 Å². The molecule has 9 heteroatoms. The summed E-state index contributed by atoms with van der Waals surface area (Å²) in [4.78, 5) is 30.7. The predicted molar refractivity (Wildman–Crippen MR) is 195 cm³/mol. The standard InChI is InChI=1S/C39H44BrN3O4S/c1-28-14-21-35(22-15-28)48(46,47)43(36-23-16-29(2)24-30(36)3)27-38(44)42(26-32-17-19-33(40)20-18-32)37(25-31-10-6-4-7-11-31)39(45)41-34-12-8-5-9-13-34/h4,6-7,10-11,14-24,34,37H,5,8-9,12-13,25-27H2,1-3H3,(H,41,45). The van der Waals surface area contributed by atoms with E-state index < -0.39 is 28.5 Å². The van der Waals surface area contributed by atoms with Crippen molar-refractivity contribution in [2.24, 2.45) is 0 Å². The van der Waals surface area contributed by atoms with Crippen molar-refractivity contribution in [1.29, 1.82) is 0 Å². The molecule has 5 rings (SSSR count). The van der Waals surface area contributed by atoms with Crippen molar-refractivity contribution in [2.75, 3.05) is 10.8 Å². The lowest BCUT2D eigenvalue weighted by molar-refractivity contribution is -0.140. The third-order valence-corrected chi connectivity index (χ3v) is 11.3. The molecule has 4 aromatic carbocycles. The molecular formula is C39H44BrN3O4S. The van der Waals surface area contributed by atoms with Gasteiger partial charge in [0.05, 0.1) is 10.6 Å². The Morgan fingerprint density at radius 1 is 0.812 bits per heavy atom. The molecule has 1 aliphatic rings. The molecule has 0 spiro atoms. The fourth-order valence-corrected chi connectivity index (χ4v) is 8.06. The van der Waals surface area contributed by atoms with Crippen LogP contribution in [0.1, 0.15) is 59.9 Å². The van der Waals surface area contributed by atoms with Crippen molar-refractivity contribution in [3.05, 3.63) is 129 Å². The summed E-state index contributed by atoms with van der Waals surface area (Å²) >= 11 is 3.49. The van der Waals surface area contributed by atoms with E-state index in [2.05, 4.69) is 21.2 Å². The molecular weight excluding hydrogens is 686 g/mol. The number of aryl methyl sites for hydroxylation is 3. The van der Waals surface area contributed by atoms with Gasteiger partial charge in [-0.25, -0.2) is 8.42 Å². The number of sulfonamides is 1. The zero-order chi connectivity index (χ0) is 34.3. The molecule has 0 saturated heterocycles. The van der Waals surface area contributed by atoms with E-state index in [0.29, 0.717) is 5.69 Å². The van der Waals surface area contributed by atoms with Crippen molar-refractivity contribution in [3.8, 4) is 0 Å². The highest BCUT2D eigenvalue weighted by atomic mass is 79.9. The molecule has 0 radical (unpaired) electrons. The smallest absolute Gasteiger partial charge is 0.264 e. The number of nitrogens with zero attached hydrogens (tertiary/aromatic N) is 2. The van der Waals surface area contributed by atoms with Crippen LogP contribution in [0.2, 0.25) is 0 Å². The molecule has 0 heterocycles. The van der Waals surface area contributed by atoms with Crippen molar-refractivity contribution < 1.29 is 18.0 Å². The van der Waals surface area contributed by atoms with Crippen LogP contribution < -0.4 is 9.62 Å². The first-order valence-corrected chi connectivity index (χ1v) is 18.8. The lowest BCUT2D eigenvalue weighted by Gasteiger charge is -2.35. The lowest BCUT2D eigenvalue weighted by atomic mass is 9.94. The fraction of sp³-hybridized carbons (Fsp3) is 0.333. The van der Waals surface area contributed by atoms with E-state index in [9.17, 15) is 18.0 Å². The maximum atomic E-state index is 14.8. The van der Waals surface area contributed by atoms with Crippen LogP contribution in [0.15, 0.2) is 106 Å². The second-order valence-electron chi connectivity index (χ2n) is 12.8. The van der Waals surface area contributed by atoms with Gasteiger partial charge in [0.25, 0.3) is 10.0 Å². The zero-order valence-electron chi connectivity index (χ0n) is 27.9. The van der Waals surface area contributed by atoms with Crippen LogP contribution in [-0.4, -0.2) is 43.8 Å². The molecule has 7 nitrogen and oxygen atoms in total. The number of hydrogen-bond acceptors (Lipinski definition) is 4. The van der Waals surface area contributed by atoms with E-state index in [1.807, 2.05) is 87.5 Å². The van der Waals surface area contributed by atoms with Gasteiger partial charge in [-0.1, -0.05) is 113 Å². The van der Waals surface area contributed by atoms with Gasteiger partial charge in [-0.15, -0.1) is 0 Å². The zero-order valence-corrected chi connectivity index (χ0v) is 30.3. The Balaban J connectivity index is 1.58. The molecule has 1 unspecified atom stereocenters. The molecule has 2 amide bonds. The maximum Gasteiger partial charge on any atom is 0.264 e. The second kappa shape index (κ2) is 16.0. The Morgan fingerprint density at radius 3 is 2.10 bits per heavy atom. The number of benzene rings is 4. The van der Waals surface area contributed by atoms with Gasteiger partial charge in [0.15, 0.2) is 0 Å². The van der Waals surface area contributed by atoms with E-state index in [4.69, 9.17) is 0 Å². The van der Waals surface area contributed by atoms with Gasteiger partial charge in [-0.2, -0.15) is 0 Å². The number of amides is 2. The second-order valence-corrected chi connectivity index (χ2v) is 15.6. The molecule has 1 aliphatic carbocycles. The van der Waals surface area contributed by atoms with E-state index in [1.54, 1.807) is 35.2 Å². The molecule has 1 fully saturated rings. The van der Waals surface area contributed by atoms with Crippen LogP contribution in [0, 0.1) is 20.8 Å². The number of hydrogen-bond donors (Lipinski definition) is 1.